The third kappa shape index (κ3) is 3.02. The standard InChI is InChI=1S/C20H15ClN2O4S/c1-2-26-20(25)14-13-17(27-19(14)22)12-4-3-9-23-15(12)16(24)18(13)28-11-7-5-10(21)6-8-11/h3-9,24H,2,22H2,1H3. The van der Waals surface area contributed by atoms with Crippen molar-refractivity contribution >= 4 is 57.1 Å². The number of nitrogens with zero attached hydrogens (tertiary/aromatic N) is 1. The second-order valence-electron chi connectivity index (χ2n) is 5.90. The Morgan fingerprint density at radius 1 is 1.32 bits per heavy atom. The number of halogens is 1. The van der Waals surface area contributed by atoms with Crippen molar-refractivity contribution in [1.82, 2.24) is 4.98 Å². The minimum absolute atomic E-state index is 0.0607. The Bertz CT molecular complexity index is 1200. The molecular weight excluding hydrogens is 400 g/mol. The van der Waals surface area contributed by atoms with Gasteiger partial charge in [0.25, 0.3) is 0 Å². The van der Waals surface area contributed by atoms with Crippen LogP contribution in [0.25, 0.3) is 21.9 Å². The predicted octanol–water partition coefficient (Wildman–Crippen LogP) is 5.25. The SMILES string of the molecule is CCOC(=O)c1c(N)oc2c1c(Sc1ccc(Cl)cc1)c(O)c1ncccc12. The summed E-state index contributed by atoms with van der Waals surface area (Å²) < 4.78 is 10.9. The summed E-state index contributed by atoms with van der Waals surface area (Å²) in [6.07, 6.45) is 1.57. The minimum atomic E-state index is -0.612. The van der Waals surface area contributed by atoms with Gasteiger partial charge in [-0.1, -0.05) is 23.4 Å². The van der Waals surface area contributed by atoms with E-state index in [1.54, 1.807) is 37.4 Å². The van der Waals surface area contributed by atoms with Gasteiger partial charge in [-0.2, -0.15) is 0 Å². The van der Waals surface area contributed by atoms with E-state index in [1.807, 2.05) is 12.1 Å². The Morgan fingerprint density at radius 2 is 2.07 bits per heavy atom. The number of ether oxygens (including phenoxy) is 1. The van der Waals surface area contributed by atoms with Crippen LogP contribution in [-0.2, 0) is 4.74 Å². The molecule has 0 aliphatic carbocycles. The average Bonchev–Trinajstić information content (AvgIpc) is 3.04. The van der Waals surface area contributed by atoms with Crippen LogP contribution in [-0.4, -0.2) is 22.7 Å². The van der Waals surface area contributed by atoms with Gasteiger partial charge in [-0.05, 0) is 43.3 Å². The maximum absolute atomic E-state index is 12.6. The zero-order valence-electron chi connectivity index (χ0n) is 14.7. The molecule has 6 nitrogen and oxygen atoms in total. The summed E-state index contributed by atoms with van der Waals surface area (Å²) in [5, 5.41) is 12.5. The number of aromatic hydroxyl groups is 1. The lowest BCUT2D eigenvalue weighted by atomic mass is 10.1. The number of nitrogens with two attached hydrogens (primary N) is 1. The normalized spacial score (nSPS) is 11.2. The highest BCUT2D eigenvalue weighted by molar-refractivity contribution is 7.99. The number of carbonyl (C=O) groups is 1. The molecule has 0 spiro atoms. The van der Waals surface area contributed by atoms with Crippen LogP contribution >= 0.6 is 23.4 Å². The number of nitrogen functional groups attached to an aromatic ring is 1. The van der Waals surface area contributed by atoms with E-state index in [0.717, 1.165) is 4.90 Å². The molecule has 0 saturated heterocycles. The maximum atomic E-state index is 12.6. The molecule has 3 N–H and O–H groups in total. The van der Waals surface area contributed by atoms with Crippen molar-refractivity contribution in [2.45, 2.75) is 16.7 Å². The van der Waals surface area contributed by atoms with E-state index >= 15 is 0 Å². The number of phenols is 1. The molecule has 0 amide bonds. The van der Waals surface area contributed by atoms with Crippen LogP contribution in [0.1, 0.15) is 17.3 Å². The number of fused-ring (bicyclic) bond motifs is 3. The fraction of sp³-hybridized carbons (Fsp3) is 0.100. The lowest BCUT2D eigenvalue weighted by Gasteiger charge is -2.10. The van der Waals surface area contributed by atoms with Crippen LogP contribution in [0, 0.1) is 0 Å². The van der Waals surface area contributed by atoms with E-state index in [4.69, 9.17) is 26.5 Å². The van der Waals surface area contributed by atoms with E-state index in [1.165, 1.54) is 11.8 Å². The number of benzene rings is 2. The number of hydrogen-bond donors (Lipinski definition) is 2. The van der Waals surface area contributed by atoms with Crippen molar-refractivity contribution in [2.24, 2.45) is 0 Å². The topological polar surface area (TPSA) is 98.6 Å². The van der Waals surface area contributed by atoms with Gasteiger partial charge in [0.05, 0.1) is 16.9 Å². The average molecular weight is 415 g/mol. The predicted molar refractivity (Wildman–Crippen MR) is 109 cm³/mol. The maximum Gasteiger partial charge on any atom is 0.344 e. The number of esters is 1. The smallest absolute Gasteiger partial charge is 0.344 e. The van der Waals surface area contributed by atoms with Gasteiger partial charge in [0.2, 0.25) is 5.88 Å². The zero-order chi connectivity index (χ0) is 19.8. The Labute approximate surface area is 169 Å². The number of anilines is 1. The number of hydrogen-bond acceptors (Lipinski definition) is 7. The molecule has 4 rings (SSSR count). The molecule has 0 saturated carbocycles. The summed E-state index contributed by atoms with van der Waals surface area (Å²) in [5.41, 5.74) is 6.83. The second kappa shape index (κ2) is 7.26. The van der Waals surface area contributed by atoms with Gasteiger partial charge in [-0.3, -0.25) is 4.98 Å². The summed E-state index contributed by atoms with van der Waals surface area (Å²) in [7, 11) is 0. The fourth-order valence-electron chi connectivity index (χ4n) is 2.98. The molecule has 2 aromatic heterocycles. The van der Waals surface area contributed by atoms with Crippen LogP contribution in [0.3, 0.4) is 0 Å². The minimum Gasteiger partial charge on any atom is -0.505 e. The van der Waals surface area contributed by atoms with Gasteiger partial charge in [0.15, 0.2) is 5.75 Å². The van der Waals surface area contributed by atoms with Crippen LogP contribution in [0.15, 0.2) is 56.8 Å². The first kappa shape index (κ1) is 18.5. The third-order valence-corrected chi connectivity index (χ3v) is 5.53. The molecular formula is C20H15ClN2O4S. The van der Waals surface area contributed by atoms with Crippen LogP contribution in [0.2, 0.25) is 5.02 Å². The van der Waals surface area contributed by atoms with Crippen molar-refractivity contribution in [3.63, 3.8) is 0 Å². The molecule has 4 aromatic rings. The van der Waals surface area contributed by atoms with Crippen LogP contribution < -0.4 is 5.73 Å². The number of pyridine rings is 1. The third-order valence-electron chi connectivity index (χ3n) is 4.17. The first-order valence-corrected chi connectivity index (χ1v) is 9.62. The summed E-state index contributed by atoms with van der Waals surface area (Å²) in [6.45, 7) is 1.89. The molecule has 0 aliphatic rings. The van der Waals surface area contributed by atoms with E-state index in [0.29, 0.717) is 31.8 Å². The van der Waals surface area contributed by atoms with E-state index in [-0.39, 0.29) is 23.8 Å². The first-order valence-electron chi connectivity index (χ1n) is 8.43. The molecule has 0 radical (unpaired) electrons. The summed E-state index contributed by atoms with van der Waals surface area (Å²) >= 11 is 7.22. The Balaban J connectivity index is 2.05. The number of furan rings is 1. The van der Waals surface area contributed by atoms with E-state index in [9.17, 15) is 9.90 Å². The monoisotopic (exact) mass is 414 g/mol. The zero-order valence-corrected chi connectivity index (χ0v) is 16.3. The highest BCUT2D eigenvalue weighted by Crippen LogP contribution is 2.48. The van der Waals surface area contributed by atoms with Crippen molar-refractivity contribution in [2.75, 3.05) is 12.3 Å². The number of rotatable bonds is 4. The van der Waals surface area contributed by atoms with Crippen LogP contribution in [0.4, 0.5) is 5.88 Å². The molecule has 2 aromatic carbocycles. The van der Waals surface area contributed by atoms with Crippen molar-refractivity contribution in [3.8, 4) is 5.75 Å². The first-order chi connectivity index (χ1) is 13.5. The van der Waals surface area contributed by atoms with Gasteiger partial charge in [0.1, 0.15) is 16.7 Å². The van der Waals surface area contributed by atoms with Gasteiger partial charge < -0.3 is 20.0 Å². The lowest BCUT2D eigenvalue weighted by Crippen LogP contribution is -2.06. The molecule has 8 heteroatoms. The van der Waals surface area contributed by atoms with E-state index in [2.05, 4.69) is 4.98 Å². The second-order valence-corrected chi connectivity index (χ2v) is 7.42. The molecule has 0 aliphatic heterocycles. The van der Waals surface area contributed by atoms with Gasteiger partial charge >= 0.3 is 5.97 Å². The quantitative estimate of drug-likeness (QED) is 0.440. The molecule has 28 heavy (non-hydrogen) atoms. The van der Waals surface area contributed by atoms with E-state index < -0.39 is 5.97 Å². The number of carbonyl (C=O) groups excluding carboxylic acids is 1. The Kier molecular flexibility index (Phi) is 4.78. The fourth-order valence-corrected chi connectivity index (χ4v) is 4.11. The van der Waals surface area contributed by atoms with Crippen molar-refractivity contribution < 1.29 is 19.1 Å². The Hall–Kier alpha value is -2.90. The highest BCUT2D eigenvalue weighted by Gasteiger charge is 2.28. The molecule has 0 atom stereocenters. The summed E-state index contributed by atoms with van der Waals surface area (Å²) in [4.78, 5) is 18.0. The molecule has 0 fully saturated rings. The number of phenolic OH excluding ortho intramolecular Hbond substituents is 1. The summed E-state index contributed by atoms with van der Waals surface area (Å²) in [6, 6.07) is 10.6. The van der Waals surface area contributed by atoms with Gasteiger partial charge in [-0.25, -0.2) is 4.79 Å². The molecule has 142 valence electrons. The largest absolute Gasteiger partial charge is 0.505 e. The van der Waals surface area contributed by atoms with Crippen molar-refractivity contribution in [1.29, 1.82) is 0 Å². The highest BCUT2D eigenvalue weighted by atomic mass is 35.5. The van der Waals surface area contributed by atoms with Crippen LogP contribution in [0.5, 0.6) is 5.75 Å². The summed E-state index contributed by atoms with van der Waals surface area (Å²) in [5.74, 6) is -0.740. The van der Waals surface area contributed by atoms with Gasteiger partial charge in [-0.15, -0.1) is 0 Å². The molecule has 0 unspecified atom stereocenters. The Morgan fingerprint density at radius 3 is 2.79 bits per heavy atom. The molecule has 0 bridgehead atoms. The van der Waals surface area contributed by atoms with Crippen molar-refractivity contribution in [3.05, 3.63) is 53.2 Å². The molecule has 2 heterocycles. The number of aromatic nitrogens is 1. The lowest BCUT2D eigenvalue weighted by molar-refractivity contribution is 0.0529. The van der Waals surface area contributed by atoms with Gasteiger partial charge in [0, 0.05) is 21.5 Å².